The lowest BCUT2D eigenvalue weighted by Gasteiger charge is -2.50. The third-order valence-electron chi connectivity index (χ3n) is 7.98. The van der Waals surface area contributed by atoms with Crippen LogP contribution in [0.15, 0.2) is 84.9 Å². The van der Waals surface area contributed by atoms with Crippen LogP contribution in [-0.2, 0) is 0 Å². The van der Waals surface area contributed by atoms with Gasteiger partial charge >= 0.3 is 0 Å². The Balaban J connectivity index is 1.63. The molecule has 4 aromatic rings. The van der Waals surface area contributed by atoms with E-state index in [1.807, 2.05) is 24.3 Å². The molecule has 4 bridgehead atoms. The highest BCUT2D eigenvalue weighted by Gasteiger charge is 2.49. The number of carbonyl (C=O) groups excluding carboxylic acids is 2. The van der Waals surface area contributed by atoms with Gasteiger partial charge < -0.3 is 19.8 Å². The van der Waals surface area contributed by atoms with E-state index in [2.05, 4.69) is 36.4 Å². The molecule has 0 aromatic heterocycles. The summed E-state index contributed by atoms with van der Waals surface area (Å²) in [6, 6.07) is 27.5. The molecule has 0 saturated heterocycles. The average molecular weight is 442 g/mol. The number of hydrogen-bond donors (Lipinski definition) is 0. The summed E-state index contributed by atoms with van der Waals surface area (Å²) < 4.78 is 0. The summed E-state index contributed by atoms with van der Waals surface area (Å²) >= 11 is 0. The fourth-order valence-corrected chi connectivity index (χ4v) is 6.77. The average Bonchev–Trinajstić information content (AvgIpc) is 2.84. The lowest BCUT2D eigenvalue weighted by molar-refractivity contribution is -0.256. The van der Waals surface area contributed by atoms with Crippen molar-refractivity contribution in [3.05, 3.63) is 141 Å². The second-order valence-electron chi connectivity index (χ2n) is 9.43. The molecule has 0 fully saturated rings. The minimum absolute atomic E-state index is 0.0202. The highest BCUT2D eigenvalue weighted by Crippen LogP contribution is 2.63. The first-order chi connectivity index (χ1) is 16.5. The van der Waals surface area contributed by atoms with Crippen LogP contribution in [0.2, 0.25) is 0 Å². The third kappa shape index (κ3) is 2.37. The first kappa shape index (κ1) is 19.3. The summed E-state index contributed by atoms with van der Waals surface area (Å²) in [7, 11) is 0. The van der Waals surface area contributed by atoms with Gasteiger partial charge in [-0.25, -0.2) is 0 Å². The summed E-state index contributed by atoms with van der Waals surface area (Å²) in [4.78, 5) is 23.6. The zero-order valence-electron chi connectivity index (χ0n) is 18.0. The van der Waals surface area contributed by atoms with Crippen molar-refractivity contribution in [2.75, 3.05) is 0 Å². The lowest BCUT2D eigenvalue weighted by Crippen LogP contribution is -2.36. The van der Waals surface area contributed by atoms with Crippen molar-refractivity contribution in [2.24, 2.45) is 0 Å². The van der Waals surface area contributed by atoms with Gasteiger partial charge in [0.05, 0.1) is 11.9 Å². The molecule has 164 valence electrons. The molecule has 34 heavy (non-hydrogen) atoms. The Labute approximate surface area is 196 Å². The summed E-state index contributed by atoms with van der Waals surface area (Å²) in [5, 5.41) is 23.6. The van der Waals surface area contributed by atoms with E-state index >= 15 is 0 Å². The minimum atomic E-state index is -1.20. The molecule has 4 atom stereocenters. The van der Waals surface area contributed by atoms with E-state index in [0.29, 0.717) is 0 Å². The number of rotatable bonds is 2. The molecule has 6 aliphatic carbocycles. The van der Waals surface area contributed by atoms with E-state index in [1.54, 1.807) is 24.3 Å². The van der Waals surface area contributed by atoms with E-state index in [1.165, 1.54) is 22.3 Å². The van der Waals surface area contributed by atoms with Gasteiger partial charge in [0.2, 0.25) is 0 Å². The van der Waals surface area contributed by atoms with Crippen LogP contribution in [0.4, 0.5) is 0 Å². The van der Waals surface area contributed by atoms with Crippen molar-refractivity contribution in [3.63, 3.8) is 0 Å². The molecule has 0 amide bonds. The maximum atomic E-state index is 11.8. The molecule has 4 nitrogen and oxygen atoms in total. The van der Waals surface area contributed by atoms with Crippen LogP contribution < -0.4 is 10.2 Å². The van der Waals surface area contributed by atoms with Gasteiger partial charge in [-0.2, -0.15) is 0 Å². The van der Waals surface area contributed by atoms with Gasteiger partial charge in [-0.15, -0.1) is 0 Å². The van der Waals surface area contributed by atoms with Gasteiger partial charge in [0, 0.05) is 23.7 Å². The Kier molecular flexibility index (Phi) is 3.79. The molecule has 6 aliphatic rings. The Morgan fingerprint density at radius 1 is 0.441 bits per heavy atom. The number of aromatic carboxylic acids is 2. The largest absolute Gasteiger partial charge is 0.545 e. The van der Waals surface area contributed by atoms with Gasteiger partial charge in [-0.1, -0.05) is 72.8 Å². The summed E-state index contributed by atoms with van der Waals surface area (Å²) in [6.45, 7) is 0. The zero-order chi connectivity index (χ0) is 23.1. The zero-order valence-corrected chi connectivity index (χ0v) is 18.0. The van der Waals surface area contributed by atoms with Crippen molar-refractivity contribution in [3.8, 4) is 0 Å². The van der Waals surface area contributed by atoms with Crippen molar-refractivity contribution in [1.82, 2.24) is 0 Å². The maximum Gasteiger partial charge on any atom is 0.0715 e. The molecule has 0 heterocycles. The monoisotopic (exact) mass is 442 g/mol. The minimum Gasteiger partial charge on any atom is -0.545 e. The van der Waals surface area contributed by atoms with Crippen LogP contribution in [0, 0.1) is 0 Å². The predicted molar refractivity (Wildman–Crippen MR) is 122 cm³/mol. The molecule has 4 aromatic carbocycles. The van der Waals surface area contributed by atoms with Gasteiger partial charge in [0.1, 0.15) is 0 Å². The Morgan fingerprint density at radius 3 is 1.06 bits per heavy atom. The molecular weight excluding hydrogens is 424 g/mol. The van der Waals surface area contributed by atoms with Crippen LogP contribution in [0.25, 0.3) is 0 Å². The molecular formula is C30H18O4-2. The number of hydrogen-bond acceptors (Lipinski definition) is 4. The van der Waals surface area contributed by atoms with Crippen molar-refractivity contribution >= 4 is 11.9 Å². The van der Waals surface area contributed by atoms with Crippen LogP contribution in [-0.4, -0.2) is 11.9 Å². The SMILES string of the molecule is O=C([O-])c1ccc2c(c1)[C@H]1c3ccccc3[C@@H]2[C@H]2c3ccccc3[C@@H]1c1cc(C(=O)[O-])ccc12. The van der Waals surface area contributed by atoms with Crippen LogP contribution in [0.5, 0.6) is 0 Å². The Morgan fingerprint density at radius 2 is 0.735 bits per heavy atom. The normalized spacial score (nSPS) is 22.6. The van der Waals surface area contributed by atoms with Gasteiger partial charge in [-0.05, 0) is 67.8 Å². The van der Waals surface area contributed by atoms with Gasteiger partial charge in [0.15, 0.2) is 0 Å². The highest BCUT2D eigenvalue weighted by molar-refractivity contribution is 5.88. The van der Waals surface area contributed by atoms with Crippen LogP contribution in [0.3, 0.4) is 0 Å². The fraction of sp³-hybridized carbons (Fsp3) is 0.133. The van der Waals surface area contributed by atoms with Crippen molar-refractivity contribution in [1.29, 1.82) is 0 Å². The predicted octanol–water partition coefficient (Wildman–Crippen LogP) is 3.28. The van der Waals surface area contributed by atoms with Crippen LogP contribution in [0.1, 0.15) is 88.9 Å². The molecule has 0 radical (unpaired) electrons. The smallest absolute Gasteiger partial charge is 0.0715 e. The van der Waals surface area contributed by atoms with E-state index in [0.717, 1.165) is 22.3 Å². The number of carboxylic acid groups (broad SMARTS) is 2. The maximum absolute atomic E-state index is 11.8. The quantitative estimate of drug-likeness (QED) is 0.477. The van der Waals surface area contributed by atoms with E-state index in [4.69, 9.17) is 0 Å². The molecule has 0 spiro atoms. The molecule has 0 unspecified atom stereocenters. The number of benzene rings is 4. The van der Waals surface area contributed by atoms with E-state index in [9.17, 15) is 19.8 Å². The molecule has 0 saturated carbocycles. The lowest BCUT2D eigenvalue weighted by atomic mass is 9.53. The standard InChI is InChI=1S/C30H20O4/c31-29(32)15-9-11-21-23(13-15)27-19-7-3-1-5-17(19)25(21)26-18-6-2-4-8-20(18)28(27)24-14-16(30(33)34)10-12-22(24)26/h1-14,25-28H,(H,31,32)(H,33,34)/p-2/t25-,26-,27+,28+/m0/s1. The van der Waals surface area contributed by atoms with Gasteiger partial charge in [0.25, 0.3) is 0 Å². The van der Waals surface area contributed by atoms with Crippen LogP contribution >= 0.6 is 0 Å². The summed E-state index contributed by atoms with van der Waals surface area (Å²) in [5.74, 6) is -2.74. The van der Waals surface area contributed by atoms with Crippen molar-refractivity contribution in [2.45, 2.75) is 23.7 Å². The fourth-order valence-electron chi connectivity index (χ4n) is 6.77. The first-order valence-electron chi connectivity index (χ1n) is 11.4. The van der Waals surface area contributed by atoms with Crippen molar-refractivity contribution < 1.29 is 19.8 Å². The van der Waals surface area contributed by atoms with Gasteiger partial charge in [-0.3, -0.25) is 0 Å². The second-order valence-corrected chi connectivity index (χ2v) is 9.43. The Hall–Kier alpha value is -4.18. The first-order valence-corrected chi connectivity index (χ1v) is 11.4. The van der Waals surface area contributed by atoms with E-state index < -0.39 is 11.9 Å². The summed E-state index contributed by atoms with van der Waals surface area (Å²) in [6.07, 6.45) is 0. The molecule has 0 aliphatic heterocycles. The number of carboxylic acids is 2. The molecule has 0 N–H and O–H groups in total. The number of carbonyl (C=O) groups is 2. The molecule has 10 rings (SSSR count). The van der Waals surface area contributed by atoms with E-state index in [-0.39, 0.29) is 34.8 Å². The third-order valence-corrected chi connectivity index (χ3v) is 7.98. The Bertz CT molecular complexity index is 1430. The summed E-state index contributed by atoms with van der Waals surface area (Å²) in [5.41, 5.74) is 9.40. The second kappa shape index (κ2) is 6.67. The topological polar surface area (TPSA) is 80.3 Å². The molecule has 4 heteroatoms. The highest BCUT2D eigenvalue weighted by atomic mass is 16.4.